The highest BCUT2D eigenvalue weighted by Gasteiger charge is 2.04. The van der Waals surface area contributed by atoms with Crippen molar-refractivity contribution in [1.82, 2.24) is 0 Å². The van der Waals surface area contributed by atoms with Crippen LogP contribution in [0.1, 0.15) is 16.7 Å². The molecular weight excluding hydrogens is 349 g/mol. The lowest BCUT2D eigenvalue weighted by atomic mass is 9.87. The van der Waals surface area contributed by atoms with Crippen molar-refractivity contribution in [3.8, 4) is 0 Å². The summed E-state index contributed by atoms with van der Waals surface area (Å²) in [4.78, 5) is 0. The summed E-state index contributed by atoms with van der Waals surface area (Å²) in [5, 5.41) is 8.00. The van der Waals surface area contributed by atoms with Gasteiger partial charge < -0.3 is 5.73 Å². The molecule has 0 aliphatic rings. The molecule has 1 nitrogen and oxygen atoms in total. The predicted molar refractivity (Wildman–Crippen MR) is 132 cm³/mol. The van der Waals surface area contributed by atoms with Crippen LogP contribution in [-0.2, 0) is 0 Å². The number of anilines is 1. The van der Waals surface area contributed by atoms with Crippen LogP contribution < -0.4 is 11.2 Å². The number of fused-ring (bicyclic) bond motifs is 4. The Labute approximate surface area is 173 Å². The van der Waals surface area contributed by atoms with Crippen LogP contribution in [0.5, 0.6) is 0 Å². The van der Waals surface area contributed by atoms with E-state index in [2.05, 4.69) is 101 Å². The molecule has 0 heterocycles. The molecular formula is C27H26BN. The van der Waals surface area contributed by atoms with Crippen molar-refractivity contribution < 1.29 is 0 Å². The molecule has 5 aromatic rings. The Morgan fingerprint density at radius 3 is 2.00 bits per heavy atom. The van der Waals surface area contributed by atoms with Gasteiger partial charge in [-0.05, 0) is 88.0 Å². The van der Waals surface area contributed by atoms with Gasteiger partial charge in [-0.1, -0.05) is 66.1 Å². The highest BCUT2D eigenvalue weighted by Crippen LogP contribution is 2.28. The number of hydrogen-bond acceptors (Lipinski definition) is 1. The summed E-state index contributed by atoms with van der Waals surface area (Å²) < 4.78 is 0. The van der Waals surface area contributed by atoms with Gasteiger partial charge >= 0.3 is 0 Å². The summed E-state index contributed by atoms with van der Waals surface area (Å²) in [5.74, 6) is 0. The van der Waals surface area contributed by atoms with Gasteiger partial charge in [-0.25, -0.2) is 0 Å². The second-order valence-corrected chi connectivity index (χ2v) is 7.88. The van der Waals surface area contributed by atoms with E-state index in [1.54, 1.807) is 0 Å². The molecule has 0 amide bonds. The number of hydrogen-bond donors (Lipinski definition) is 1. The van der Waals surface area contributed by atoms with Crippen molar-refractivity contribution in [3.05, 3.63) is 95.6 Å². The second kappa shape index (κ2) is 7.64. The average molecular weight is 375 g/mol. The van der Waals surface area contributed by atoms with Gasteiger partial charge in [0.15, 0.2) is 0 Å². The van der Waals surface area contributed by atoms with E-state index in [0.717, 1.165) is 5.69 Å². The zero-order valence-corrected chi connectivity index (χ0v) is 17.6. The average Bonchev–Trinajstić information content (AvgIpc) is 2.74. The van der Waals surface area contributed by atoms with Crippen molar-refractivity contribution in [2.45, 2.75) is 20.8 Å². The quantitative estimate of drug-likeness (QED) is 0.162. The van der Waals surface area contributed by atoms with Crippen LogP contribution >= 0.6 is 0 Å². The molecule has 0 radical (unpaired) electrons. The van der Waals surface area contributed by atoms with Crippen molar-refractivity contribution in [3.63, 3.8) is 0 Å². The summed E-state index contributed by atoms with van der Waals surface area (Å²) in [6.45, 7) is 6.25. The molecule has 0 atom stereocenters. The molecule has 0 bridgehead atoms. The third-order valence-electron chi connectivity index (χ3n) is 6.03. The lowest BCUT2D eigenvalue weighted by Crippen LogP contribution is -2.03. The van der Waals surface area contributed by atoms with E-state index in [0.29, 0.717) is 0 Å². The van der Waals surface area contributed by atoms with Gasteiger partial charge in [-0.3, -0.25) is 0 Å². The van der Waals surface area contributed by atoms with E-state index in [4.69, 9.17) is 5.73 Å². The monoisotopic (exact) mass is 375 g/mol. The molecule has 0 aromatic heterocycles. The first kappa shape index (κ1) is 19.1. The highest BCUT2D eigenvalue weighted by molar-refractivity contribution is 6.41. The van der Waals surface area contributed by atoms with Gasteiger partial charge in [0.2, 0.25) is 0 Å². The summed E-state index contributed by atoms with van der Waals surface area (Å²) in [6.07, 6.45) is 0. The third kappa shape index (κ3) is 3.59. The molecule has 0 unspecified atom stereocenters. The van der Waals surface area contributed by atoms with Crippen LogP contribution in [-0.4, -0.2) is 7.85 Å². The molecule has 2 heteroatoms. The lowest BCUT2D eigenvalue weighted by molar-refractivity contribution is 1.27. The van der Waals surface area contributed by atoms with E-state index < -0.39 is 0 Å². The molecule has 142 valence electrons. The van der Waals surface area contributed by atoms with Gasteiger partial charge in [-0.15, -0.1) is 0 Å². The zero-order chi connectivity index (χ0) is 20.5. The van der Waals surface area contributed by atoms with Crippen LogP contribution in [0.3, 0.4) is 0 Å². The topological polar surface area (TPSA) is 26.0 Å². The van der Waals surface area contributed by atoms with E-state index in [1.165, 1.54) is 54.5 Å². The van der Waals surface area contributed by atoms with Gasteiger partial charge in [0.25, 0.3) is 0 Å². The zero-order valence-electron chi connectivity index (χ0n) is 17.6. The minimum atomic E-state index is 0.892. The van der Waals surface area contributed by atoms with Crippen molar-refractivity contribution in [2.24, 2.45) is 0 Å². The number of benzene rings is 5. The molecule has 0 saturated heterocycles. The maximum atomic E-state index is 5.69. The maximum Gasteiger partial charge on any atom is 0.140 e. The smallest absolute Gasteiger partial charge is 0.140 e. The van der Waals surface area contributed by atoms with Crippen molar-refractivity contribution in [1.29, 1.82) is 0 Å². The third-order valence-corrected chi connectivity index (χ3v) is 6.03. The molecule has 0 aliphatic heterocycles. The van der Waals surface area contributed by atoms with Crippen molar-refractivity contribution >= 4 is 51.3 Å². The first-order valence-electron chi connectivity index (χ1n) is 10.1. The van der Waals surface area contributed by atoms with Crippen molar-refractivity contribution in [2.75, 3.05) is 5.73 Å². The Morgan fingerprint density at radius 1 is 0.621 bits per heavy atom. The fourth-order valence-corrected chi connectivity index (χ4v) is 3.97. The van der Waals surface area contributed by atoms with E-state index in [9.17, 15) is 0 Å². The van der Waals surface area contributed by atoms with E-state index in [-0.39, 0.29) is 0 Å². The maximum absolute atomic E-state index is 5.69. The van der Waals surface area contributed by atoms with Crippen LogP contribution in [0.25, 0.3) is 32.3 Å². The molecule has 2 N–H and O–H groups in total. The molecule has 0 aliphatic carbocycles. The molecule has 0 saturated carbocycles. The fourth-order valence-electron chi connectivity index (χ4n) is 3.97. The fraction of sp³-hybridized carbons (Fsp3) is 0.111. The van der Waals surface area contributed by atoms with Gasteiger partial charge in [0.05, 0.1) is 0 Å². The Balaban J connectivity index is 0.000000174. The standard InChI is InChI=1S/C18H13B.C9H13N/c19-17-7-3-6-12-8-9-15-10-13-4-1-2-5-14(13)11-16(15)18(12)17;1-6-4-5-9(10)8(3)7(6)2/h1-11H,19H2;4-5H,10H2,1-3H3. The summed E-state index contributed by atoms with van der Waals surface area (Å²) >= 11 is 0. The molecule has 5 aromatic carbocycles. The SMILES string of the molecule is Bc1cccc2ccc3cc4ccccc4cc3c12.Cc1ccc(N)c(C)c1C. The minimum absolute atomic E-state index is 0.892. The van der Waals surface area contributed by atoms with Crippen LogP contribution in [0, 0.1) is 20.8 Å². The molecule has 29 heavy (non-hydrogen) atoms. The number of rotatable bonds is 0. The minimum Gasteiger partial charge on any atom is -0.399 e. The Bertz CT molecular complexity index is 1320. The van der Waals surface area contributed by atoms with Gasteiger partial charge in [0, 0.05) is 5.69 Å². The summed E-state index contributed by atoms with van der Waals surface area (Å²) in [7, 11) is 2.19. The van der Waals surface area contributed by atoms with E-state index >= 15 is 0 Å². The number of nitrogen functional groups attached to an aromatic ring is 1. The second-order valence-electron chi connectivity index (χ2n) is 7.88. The number of aryl methyl sites for hydroxylation is 1. The lowest BCUT2D eigenvalue weighted by Gasteiger charge is -2.08. The Hall–Kier alpha value is -3.26. The predicted octanol–water partition coefficient (Wildman–Crippen LogP) is 5.60. The van der Waals surface area contributed by atoms with E-state index in [1.807, 2.05) is 6.07 Å². The Morgan fingerprint density at radius 2 is 1.28 bits per heavy atom. The van der Waals surface area contributed by atoms with Crippen LogP contribution in [0.15, 0.2) is 78.9 Å². The van der Waals surface area contributed by atoms with Crippen LogP contribution in [0.4, 0.5) is 5.69 Å². The Kier molecular flexibility index (Phi) is 5.02. The summed E-state index contributed by atoms with van der Waals surface area (Å²) in [6, 6.07) is 28.1. The molecule has 0 spiro atoms. The highest BCUT2D eigenvalue weighted by atomic mass is 14.6. The normalized spacial score (nSPS) is 10.9. The van der Waals surface area contributed by atoms with Gasteiger partial charge in [0.1, 0.15) is 7.85 Å². The number of nitrogens with two attached hydrogens (primary N) is 1. The van der Waals surface area contributed by atoms with Crippen LogP contribution in [0.2, 0.25) is 0 Å². The summed E-state index contributed by atoms with van der Waals surface area (Å²) in [5.41, 5.74) is 11.8. The van der Waals surface area contributed by atoms with Gasteiger partial charge in [-0.2, -0.15) is 0 Å². The first-order valence-corrected chi connectivity index (χ1v) is 10.1. The first-order chi connectivity index (χ1) is 14.0. The molecule has 0 fully saturated rings. The largest absolute Gasteiger partial charge is 0.399 e. The molecule has 5 rings (SSSR count).